The molecule has 1 aromatic carbocycles. The zero-order chi connectivity index (χ0) is 20.5. The van der Waals surface area contributed by atoms with Gasteiger partial charge < -0.3 is 10.2 Å². The van der Waals surface area contributed by atoms with Crippen LogP contribution in [-0.2, 0) is 6.18 Å². The van der Waals surface area contributed by atoms with Crippen molar-refractivity contribution in [1.82, 2.24) is 20.0 Å². The highest BCUT2D eigenvalue weighted by molar-refractivity contribution is 6.32. The number of carbonyl (C=O) groups excluding carboxylic acids is 1. The summed E-state index contributed by atoms with van der Waals surface area (Å²) in [5.41, 5.74) is -0.215. The van der Waals surface area contributed by atoms with Gasteiger partial charge in [0, 0.05) is 25.9 Å². The number of para-hydroxylation sites is 1. The molecule has 0 bridgehead atoms. The molecule has 0 fully saturated rings. The molecule has 0 spiro atoms. The molecule has 0 radical (unpaired) electrons. The second-order valence-corrected chi connectivity index (χ2v) is 6.88. The number of benzene rings is 1. The van der Waals surface area contributed by atoms with Gasteiger partial charge in [-0.2, -0.15) is 18.3 Å². The topological polar surface area (TPSA) is 50.2 Å². The summed E-state index contributed by atoms with van der Waals surface area (Å²) in [4.78, 5) is 14.7. The van der Waals surface area contributed by atoms with Gasteiger partial charge in [0.15, 0.2) is 5.69 Å². The average Bonchev–Trinajstić information content (AvgIpc) is 3.08. The Hall–Kier alpha value is -2.74. The fourth-order valence-corrected chi connectivity index (χ4v) is 2.99. The van der Waals surface area contributed by atoms with Crippen LogP contribution in [0.4, 0.5) is 13.2 Å². The normalized spacial score (nSPS) is 16.6. The number of likely N-dealkylation sites (N-methyl/N-ethyl adjacent to an activating group) is 1. The minimum atomic E-state index is -4.68. The van der Waals surface area contributed by atoms with Crippen molar-refractivity contribution in [3.63, 3.8) is 0 Å². The van der Waals surface area contributed by atoms with E-state index in [1.54, 1.807) is 18.2 Å². The van der Waals surface area contributed by atoms with E-state index in [9.17, 15) is 18.0 Å². The highest BCUT2D eigenvalue weighted by Crippen LogP contribution is 2.31. The van der Waals surface area contributed by atoms with Gasteiger partial charge in [-0.25, -0.2) is 4.68 Å². The quantitative estimate of drug-likeness (QED) is 0.827. The van der Waals surface area contributed by atoms with Crippen molar-refractivity contribution < 1.29 is 18.0 Å². The third-order valence-corrected chi connectivity index (χ3v) is 4.55. The van der Waals surface area contributed by atoms with E-state index in [0.29, 0.717) is 6.42 Å². The highest BCUT2D eigenvalue weighted by atomic mass is 35.5. The van der Waals surface area contributed by atoms with Crippen molar-refractivity contribution in [2.24, 2.45) is 0 Å². The smallest absolute Gasteiger partial charge is 0.378 e. The van der Waals surface area contributed by atoms with Crippen molar-refractivity contribution in [1.29, 1.82) is 0 Å². The first-order valence-electron chi connectivity index (χ1n) is 8.45. The molecule has 0 saturated carbocycles. The molecule has 0 saturated heterocycles. The van der Waals surface area contributed by atoms with E-state index in [-0.39, 0.29) is 22.4 Å². The lowest BCUT2D eigenvalue weighted by atomic mass is 10.1. The predicted molar refractivity (Wildman–Crippen MR) is 100 cm³/mol. The Balaban J connectivity index is 1.91. The molecule has 9 heteroatoms. The van der Waals surface area contributed by atoms with Crippen LogP contribution in [0, 0.1) is 0 Å². The van der Waals surface area contributed by atoms with Gasteiger partial charge in [-0.15, -0.1) is 0 Å². The van der Waals surface area contributed by atoms with Gasteiger partial charge >= 0.3 is 6.18 Å². The number of aromatic nitrogens is 2. The van der Waals surface area contributed by atoms with Gasteiger partial charge in [0.05, 0.1) is 16.8 Å². The lowest BCUT2D eigenvalue weighted by Gasteiger charge is -2.21. The maximum absolute atomic E-state index is 13.2. The van der Waals surface area contributed by atoms with E-state index in [2.05, 4.69) is 10.4 Å². The SMILES string of the molecule is CN(C)C1=CCC(NC(=O)c2cc(C(F)(F)F)nn2-c2ccccc2Cl)C=C1. The van der Waals surface area contributed by atoms with Crippen LogP contribution < -0.4 is 5.32 Å². The largest absolute Gasteiger partial charge is 0.435 e. The molecule has 1 aliphatic carbocycles. The molecule has 2 aromatic rings. The van der Waals surface area contributed by atoms with Gasteiger partial charge in [-0.3, -0.25) is 4.79 Å². The Morgan fingerprint density at radius 1 is 1.32 bits per heavy atom. The number of amides is 1. The Morgan fingerprint density at radius 2 is 2.04 bits per heavy atom. The van der Waals surface area contributed by atoms with E-state index in [4.69, 9.17) is 11.6 Å². The van der Waals surface area contributed by atoms with Gasteiger partial charge in [-0.1, -0.05) is 35.9 Å². The molecule has 1 unspecified atom stereocenters. The van der Waals surface area contributed by atoms with Crippen LogP contribution in [0.1, 0.15) is 22.6 Å². The Kier molecular flexibility index (Phi) is 5.51. The van der Waals surface area contributed by atoms with Crippen molar-refractivity contribution in [3.05, 3.63) is 70.7 Å². The number of nitrogens with one attached hydrogen (secondary N) is 1. The maximum atomic E-state index is 13.2. The summed E-state index contributed by atoms with van der Waals surface area (Å²) >= 11 is 6.10. The zero-order valence-electron chi connectivity index (χ0n) is 15.2. The van der Waals surface area contributed by atoms with E-state index in [1.165, 1.54) is 12.1 Å². The summed E-state index contributed by atoms with van der Waals surface area (Å²) in [5, 5.41) is 6.49. The number of nitrogens with zero attached hydrogens (tertiary/aromatic N) is 3. The number of carbonyl (C=O) groups is 1. The van der Waals surface area contributed by atoms with E-state index < -0.39 is 17.8 Å². The van der Waals surface area contributed by atoms with E-state index in [0.717, 1.165) is 16.4 Å². The molecule has 3 rings (SSSR count). The second kappa shape index (κ2) is 7.71. The molecule has 148 valence electrons. The number of allylic oxidation sites excluding steroid dienone is 1. The lowest BCUT2D eigenvalue weighted by Crippen LogP contribution is -2.35. The van der Waals surface area contributed by atoms with Crippen LogP contribution in [0.15, 0.2) is 54.3 Å². The zero-order valence-corrected chi connectivity index (χ0v) is 15.9. The van der Waals surface area contributed by atoms with Crippen molar-refractivity contribution in [3.8, 4) is 5.69 Å². The third-order valence-electron chi connectivity index (χ3n) is 4.23. The first-order chi connectivity index (χ1) is 13.2. The van der Waals surface area contributed by atoms with Crippen molar-refractivity contribution in [2.45, 2.75) is 18.6 Å². The molecule has 1 amide bonds. The molecule has 28 heavy (non-hydrogen) atoms. The van der Waals surface area contributed by atoms with Gasteiger partial charge in [0.2, 0.25) is 0 Å². The Morgan fingerprint density at radius 3 is 2.61 bits per heavy atom. The molecule has 1 N–H and O–H groups in total. The summed E-state index contributed by atoms with van der Waals surface area (Å²) in [6.07, 6.45) is 1.43. The summed E-state index contributed by atoms with van der Waals surface area (Å²) in [6.45, 7) is 0. The number of hydrogen-bond acceptors (Lipinski definition) is 3. The Bertz CT molecular complexity index is 947. The van der Waals surface area contributed by atoms with Crippen LogP contribution in [-0.4, -0.2) is 40.7 Å². The number of rotatable bonds is 4. The molecule has 5 nitrogen and oxygen atoms in total. The second-order valence-electron chi connectivity index (χ2n) is 6.47. The summed E-state index contributed by atoms with van der Waals surface area (Å²) in [5.74, 6) is -0.667. The average molecular weight is 411 g/mol. The highest BCUT2D eigenvalue weighted by Gasteiger charge is 2.36. The molecular formula is C19H18ClF3N4O. The molecule has 1 aliphatic rings. The fourth-order valence-electron chi connectivity index (χ4n) is 2.78. The monoisotopic (exact) mass is 410 g/mol. The number of alkyl halides is 3. The van der Waals surface area contributed by atoms with Gasteiger partial charge in [-0.05, 0) is 24.6 Å². The molecule has 1 atom stereocenters. The minimum Gasteiger partial charge on any atom is -0.378 e. The standard InChI is InChI=1S/C19H18ClF3N4O/c1-26(2)13-9-7-12(8-10-13)24-18(28)16-11-17(19(21,22)23)25-27(16)15-6-4-3-5-14(15)20/h3-7,9-12H,8H2,1-2H3,(H,24,28). The summed E-state index contributed by atoms with van der Waals surface area (Å²) in [7, 11) is 3.80. The summed E-state index contributed by atoms with van der Waals surface area (Å²) < 4.78 is 40.4. The van der Waals surface area contributed by atoms with E-state index in [1.807, 2.05) is 31.1 Å². The van der Waals surface area contributed by atoms with Crippen LogP contribution >= 0.6 is 11.6 Å². The third kappa shape index (κ3) is 4.22. The van der Waals surface area contributed by atoms with Crippen LogP contribution in [0.5, 0.6) is 0 Å². The van der Waals surface area contributed by atoms with Gasteiger partial charge in [0.25, 0.3) is 5.91 Å². The molecule has 1 aromatic heterocycles. The van der Waals surface area contributed by atoms with Crippen LogP contribution in [0.3, 0.4) is 0 Å². The molecule has 1 heterocycles. The maximum Gasteiger partial charge on any atom is 0.435 e. The first-order valence-corrected chi connectivity index (χ1v) is 8.83. The number of hydrogen-bond donors (Lipinski definition) is 1. The fraction of sp³-hybridized carbons (Fsp3) is 0.263. The number of halogens is 4. The summed E-state index contributed by atoms with van der Waals surface area (Å²) in [6, 6.07) is 6.66. The van der Waals surface area contributed by atoms with Crippen molar-refractivity contribution >= 4 is 17.5 Å². The Labute approximate surface area is 165 Å². The van der Waals surface area contributed by atoms with E-state index >= 15 is 0 Å². The predicted octanol–water partition coefficient (Wildman–Crippen LogP) is 4.05. The van der Waals surface area contributed by atoms with Gasteiger partial charge in [0.1, 0.15) is 5.69 Å². The molecule has 0 aliphatic heterocycles. The van der Waals surface area contributed by atoms with Crippen LogP contribution in [0.2, 0.25) is 5.02 Å². The molecular weight excluding hydrogens is 393 g/mol. The lowest BCUT2D eigenvalue weighted by molar-refractivity contribution is -0.141. The van der Waals surface area contributed by atoms with Crippen LogP contribution in [0.25, 0.3) is 5.69 Å². The van der Waals surface area contributed by atoms with Crippen molar-refractivity contribution in [2.75, 3.05) is 14.1 Å². The first kappa shape index (κ1) is 20.0. The minimum absolute atomic E-state index is 0.185.